The van der Waals surface area contributed by atoms with Crippen LogP contribution in [-0.4, -0.2) is 18.5 Å². The summed E-state index contributed by atoms with van der Waals surface area (Å²) >= 11 is 0. The molecule has 0 aromatic heterocycles. The molecular formula is C14H26N2O. The van der Waals surface area contributed by atoms with Crippen LogP contribution in [0.5, 0.6) is 0 Å². The number of carbonyl (C=O) groups excluding carboxylic acids is 1. The second-order valence-corrected chi connectivity index (χ2v) is 6.00. The molecule has 0 spiro atoms. The Morgan fingerprint density at radius 2 is 1.82 bits per heavy atom. The Morgan fingerprint density at radius 1 is 1.29 bits per heavy atom. The summed E-state index contributed by atoms with van der Waals surface area (Å²) in [4.78, 5) is 11.9. The molecule has 3 heteroatoms. The van der Waals surface area contributed by atoms with Crippen molar-refractivity contribution in [3.05, 3.63) is 0 Å². The molecule has 98 valence electrons. The molecular weight excluding hydrogens is 212 g/mol. The molecule has 0 aromatic carbocycles. The van der Waals surface area contributed by atoms with Gasteiger partial charge in [0, 0.05) is 6.54 Å². The van der Waals surface area contributed by atoms with Crippen molar-refractivity contribution in [1.82, 2.24) is 5.32 Å². The van der Waals surface area contributed by atoms with Gasteiger partial charge in [-0.15, -0.1) is 0 Å². The van der Waals surface area contributed by atoms with Gasteiger partial charge in [-0.2, -0.15) is 0 Å². The first-order chi connectivity index (χ1) is 8.13. The van der Waals surface area contributed by atoms with Gasteiger partial charge in [0.1, 0.15) is 0 Å². The maximum Gasteiger partial charge on any atom is 0.237 e. The zero-order chi connectivity index (χ0) is 12.4. The molecule has 0 radical (unpaired) electrons. The summed E-state index contributed by atoms with van der Waals surface area (Å²) in [5.74, 6) is 2.84. The van der Waals surface area contributed by atoms with Crippen molar-refractivity contribution in [3.63, 3.8) is 0 Å². The molecule has 2 atom stereocenters. The summed E-state index contributed by atoms with van der Waals surface area (Å²) < 4.78 is 0. The van der Waals surface area contributed by atoms with Gasteiger partial charge in [0.25, 0.3) is 0 Å². The quantitative estimate of drug-likeness (QED) is 0.712. The molecule has 3 N–H and O–H groups in total. The lowest BCUT2D eigenvalue weighted by atomic mass is 9.96. The molecule has 0 saturated heterocycles. The summed E-state index contributed by atoms with van der Waals surface area (Å²) in [6.45, 7) is 4.98. The summed E-state index contributed by atoms with van der Waals surface area (Å²) in [5, 5.41) is 3.08. The largest absolute Gasteiger partial charge is 0.354 e. The molecule has 0 unspecified atom stereocenters. The van der Waals surface area contributed by atoms with Crippen LogP contribution in [0.3, 0.4) is 0 Å². The Bertz CT molecular complexity index is 259. The molecule has 0 bridgehead atoms. The average molecular weight is 238 g/mol. The monoisotopic (exact) mass is 238 g/mol. The van der Waals surface area contributed by atoms with E-state index in [9.17, 15) is 4.79 Å². The predicted octanol–water partition coefficient (Wildman–Crippen LogP) is 1.91. The van der Waals surface area contributed by atoms with Gasteiger partial charge < -0.3 is 11.1 Å². The van der Waals surface area contributed by atoms with Crippen molar-refractivity contribution in [2.24, 2.45) is 29.4 Å². The summed E-state index contributed by atoms with van der Waals surface area (Å²) in [6.07, 6.45) is 6.44. The first-order valence-corrected chi connectivity index (χ1v) is 7.16. The summed E-state index contributed by atoms with van der Waals surface area (Å²) in [7, 11) is 0. The van der Waals surface area contributed by atoms with Crippen molar-refractivity contribution in [2.45, 2.75) is 52.0 Å². The Kier molecular flexibility index (Phi) is 4.08. The lowest BCUT2D eigenvalue weighted by Gasteiger charge is -2.21. The van der Waals surface area contributed by atoms with Crippen molar-refractivity contribution in [1.29, 1.82) is 0 Å². The van der Waals surface area contributed by atoms with Gasteiger partial charge in [0.2, 0.25) is 5.91 Å². The standard InChI is InChI=1S/C14H26N2O/c1-3-9(2)13(15)14(17)16-8-12(10-4-5-10)11-6-7-11/h9-13H,3-8,15H2,1-2H3,(H,16,17)/t9-,13-/m0/s1. The van der Waals surface area contributed by atoms with E-state index >= 15 is 0 Å². The van der Waals surface area contributed by atoms with Crippen molar-refractivity contribution >= 4 is 5.91 Å². The van der Waals surface area contributed by atoms with Crippen LogP contribution in [0.4, 0.5) is 0 Å². The number of carbonyl (C=O) groups is 1. The van der Waals surface area contributed by atoms with Crippen molar-refractivity contribution in [2.75, 3.05) is 6.54 Å². The fraction of sp³-hybridized carbons (Fsp3) is 0.929. The minimum atomic E-state index is -0.334. The van der Waals surface area contributed by atoms with E-state index in [0.29, 0.717) is 0 Å². The van der Waals surface area contributed by atoms with Gasteiger partial charge >= 0.3 is 0 Å². The van der Waals surface area contributed by atoms with Gasteiger partial charge in [-0.1, -0.05) is 20.3 Å². The van der Waals surface area contributed by atoms with Crippen LogP contribution < -0.4 is 11.1 Å². The first-order valence-electron chi connectivity index (χ1n) is 7.16. The van der Waals surface area contributed by atoms with E-state index < -0.39 is 0 Å². The number of hydrogen-bond acceptors (Lipinski definition) is 2. The van der Waals surface area contributed by atoms with Crippen LogP contribution in [0.2, 0.25) is 0 Å². The van der Waals surface area contributed by atoms with Crippen LogP contribution in [-0.2, 0) is 4.79 Å². The Morgan fingerprint density at radius 3 is 2.24 bits per heavy atom. The van der Waals surface area contributed by atoms with E-state index in [2.05, 4.69) is 12.2 Å². The molecule has 1 amide bonds. The molecule has 17 heavy (non-hydrogen) atoms. The zero-order valence-electron chi connectivity index (χ0n) is 11.1. The molecule has 2 saturated carbocycles. The molecule has 2 rings (SSSR count). The van der Waals surface area contributed by atoms with Crippen molar-refractivity contribution < 1.29 is 4.79 Å². The van der Waals surface area contributed by atoms with E-state index in [1.807, 2.05) is 6.92 Å². The Hall–Kier alpha value is -0.570. The van der Waals surface area contributed by atoms with E-state index in [4.69, 9.17) is 5.73 Å². The van der Waals surface area contributed by atoms with Crippen LogP contribution in [0.1, 0.15) is 46.0 Å². The molecule has 2 aliphatic rings. The first kappa shape index (κ1) is 12.9. The van der Waals surface area contributed by atoms with Crippen LogP contribution in [0.15, 0.2) is 0 Å². The number of nitrogens with one attached hydrogen (secondary N) is 1. The highest BCUT2D eigenvalue weighted by Gasteiger charge is 2.41. The number of nitrogens with two attached hydrogens (primary N) is 1. The topological polar surface area (TPSA) is 55.1 Å². The second-order valence-electron chi connectivity index (χ2n) is 6.00. The lowest BCUT2D eigenvalue weighted by molar-refractivity contribution is -0.123. The highest BCUT2D eigenvalue weighted by Crippen LogP contribution is 2.48. The van der Waals surface area contributed by atoms with Gasteiger partial charge in [0.05, 0.1) is 6.04 Å². The maximum absolute atomic E-state index is 11.9. The highest BCUT2D eigenvalue weighted by molar-refractivity contribution is 5.81. The fourth-order valence-electron chi connectivity index (χ4n) is 2.62. The van der Waals surface area contributed by atoms with Gasteiger partial charge in [-0.3, -0.25) is 4.79 Å². The summed E-state index contributed by atoms with van der Waals surface area (Å²) in [5.41, 5.74) is 5.93. The smallest absolute Gasteiger partial charge is 0.237 e. The Balaban J connectivity index is 1.74. The predicted molar refractivity (Wildman–Crippen MR) is 69.4 cm³/mol. The highest BCUT2D eigenvalue weighted by atomic mass is 16.2. The molecule has 2 fully saturated rings. The zero-order valence-corrected chi connectivity index (χ0v) is 11.1. The minimum absolute atomic E-state index is 0.0469. The van der Waals surface area contributed by atoms with Crippen molar-refractivity contribution in [3.8, 4) is 0 Å². The maximum atomic E-state index is 11.9. The van der Waals surface area contributed by atoms with Crippen LogP contribution in [0, 0.1) is 23.7 Å². The van der Waals surface area contributed by atoms with Gasteiger partial charge in [-0.25, -0.2) is 0 Å². The van der Waals surface area contributed by atoms with E-state index in [1.54, 1.807) is 0 Å². The fourth-order valence-corrected chi connectivity index (χ4v) is 2.62. The lowest BCUT2D eigenvalue weighted by Crippen LogP contribution is -2.46. The SMILES string of the molecule is CC[C@H](C)[C@H](N)C(=O)NCC(C1CC1)C1CC1. The van der Waals surface area contributed by atoms with E-state index in [1.165, 1.54) is 25.7 Å². The third kappa shape index (κ3) is 3.44. The molecule has 3 nitrogen and oxygen atoms in total. The van der Waals surface area contributed by atoms with Gasteiger partial charge in [-0.05, 0) is 49.4 Å². The van der Waals surface area contributed by atoms with Gasteiger partial charge in [0.15, 0.2) is 0 Å². The minimum Gasteiger partial charge on any atom is -0.354 e. The normalized spacial score (nSPS) is 23.5. The number of hydrogen-bond donors (Lipinski definition) is 2. The second kappa shape index (κ2) is 5.38. The van der Waals surface area contributed by atoms with E-state index in [0.717, 1.165) is 30.7 Å². The van der Waals surface area contributed by atoms with Crippen LogP contribution in [0.25, 0.3) is 0 Å². The number of rotatable bonds is 7. The summed E-state index contributed by atoms with van der Waals surface area (Å²) in [6, 6.07) is -0.334. The number of amides is 1. The molecule has 0 aromatic rings. The molecule has 0 aliphatic heterocycles. The van der Waals surface area contributed by atoms with Crippen LogP contribution >= 0.6 is 0 Å². The van der Waals surface area contributed by atoms with E-state index in [-0.39, 0.29) is 17.9 Å². The molecule has 0 heterocycles. The average Bonchev–Trinajstić information content (AvgIpc) is 3.17. The Labute approximate surface area is 105 Å². The third-order valence-corrected chi connectivity index (χ3v) is 4.53. The molecule has 2 aliphatic carbocycles. The third-order valence-electron chi connectivity index (χ3n) is 4.53.